The first-order valence-electron chi connectivity index (χ1n) is 6.37. The molecule has 0 fully saturated rings. The van der Waals surface area contributed by atoms with Crippen LogP contribution in [0.3, 0.4) is 0 Å². The highest BCUT2D eigenvalue weighted by molar-refractivity contribution is 5.94. The van der Waals surface area contributed by atoms with Gasteiger partial charge in [-0.15, -0.1) is 0 Å². The molecule has 1 rings (SSSR count). The molecule has 0 aliphatic heterocycles. The second kappa shape index (κ2) is 7.62. The molecule has 0 spiro atoms. The number of carbonyl (C=O) groups excluding carboxylic acids is 2. The van der Waals surface area contributed by atoms with Crippen LogP contribution in [0.1, 0.15) is 23.7 Å². The van der Waals surface area contributed by atoms with Gasteiger partial charge in [0.2, 0.25) is 5.91 Å². The van der Waals surface area contributed by atoms with Crippen LogP contribution in [-0.2, 0) is 4.79 Å². The molecule has 0 radical (unpaired) electrons. The van der Waals surface area contributed by atoms with E-state index in [4.69, 9.17) is 10.2 Å². The molecule has 6 heteroatoms. The zero-order valence-electron chi connectivity index (χ0n) is 11.4. The Labute approximate surface area is 117 Å². The molecular formula is C14H20N2O4. The summed E-state index contributed by atoms with van der Waals surface area (Å²) in [5.41, 5.74) is -0.510. The van der Waals surface area contributed by atoms with Crippen molar-refractivity contribution < 1.29 is 19.8 Å². The van der Waals surface area contributed by atoms with Gasteiger partial charge in [0, 0.05) is 18.5 Å². The summed E-state index contributed by atoms with van der Waals surface area (Å²) in [4.78, 5) is 23.3. The van der Waals surface area contributed by atoms with Gasteiger partial charge in [-0.05, 0) is 19.1 Å². The van der Waals surface area contributed by atoms with Gasteiger partial charge in [0.05, 0.1) is 18.8 Å². The summed E-state index contributed by atoms with van der Waals surface area (Å²) >= 11 is 0. The second-order valence-corrected chi connectivity index (χ2v) is 4.80. The maximum atomic E-state index is 11.7. The molecule has 0 saturated carbocycles. The number of hydrogen-bond donors (Lipinski definition) is 4. The molecular weight excluding hydrogens is 260 g/mol. The van der Waals surface area contributed by atoms with Gasteiger partial charge >= 0.3 is 0 Å². The Balaban J connectivity index is 2.34. The van der Waals surface area contributed by atoms with Crippen LogP contribution in [0.25, 0.3) is 0 Å². The molecule has 4 N–H and O–H groups in total. The van der Waals surface area contributed by atoms with Gasteiger partial charge in [-0.3, -0.25) is 9.59 Å². The third-order valence-corrected chi connectivity index (χ3v) is 2.81. The van der Waals surface area contributed by atoms with E-state index in [1.165, 1.54) is 6.92 Å². The molecule has 20 heavy (non-hydrogen) atoms. The number of benzene rings is 1. The predicted octanol–water partition coefficient (Wildman–Crippen LogP) is -0.334. The summed E-state index contributed by atoms with van der Waals surface area (Å²) in [6, 6.07) is 8.70. The molecule has 1 aromatic carbocycles. The number of aliphatic hydroxyl groups is 2. The van der Waals surface area contributed by atoms with Crippen LogP contribution in [0, 0.1) is 0 Å². The molecule has 0 heterocycles. The first-order chi connectivity index (χ1) is 9.50. The highest BCUT2D eigenvalue weighted by Crippen LogP contribution is 2.01. The zero-order valence-corrected chi connectivity index (χ0v) is 11.4. The van der Waals surface area contributed by atoms with Crippen molar-refractivity contribution in [1.82, 2.24) is 10.6 Å². The van der Waals surface area contributed by atoms with Crippen molar-refractivity contribution in [2.24, 2.45) is 0 Å². The van der Waals surface area contributed by atoms with E-state index < -0.39 is 5.54 Å². The van der Waals surface area contributed by atoms with Gasteiger partial charge < -0.3 is 20.8 Å². The van der Waals surface area contributed by atoms with Crippen molar-refractivity contribution in [3.05, 3.63) is 35.9 Å². The Kier molecular flexibility index (Phi) is 6.14. The maximum absolute atomic E-state index is 11.7. The van der Waals surface area contributed by atoms with Crippen molar-refractivity contribution in [3.8, 4) is 0 Å². The van der Waals surface area contributed by atoms with E-state index >= 15 is 0 Å². The lowest BCUT2D eigenvalue weighted by molar-refractivity contribution is -0.123. The summed E-state index contributed by atoms with van der Waals surface area (Å²) in [6.45, 7) is 1.01. The number of aliphatic hydroxyl groups excluding tert-OH is 2. The number of rotatable bonds is 7. The van der Waals surface area contributed by atoms with Gasteiger partial charge in [-0.25, -0.2) is 0 Å². The lowest BCUT2D eigenvalue weighted by Gasteiger charge is -2.26. The van der Waals surface area contributed by atoms with Crippen molar-refractivity contribution in [2.45, 2.75) is 18.9 Å². The molecule has 1 aromatic rings. The third-order valence-electron chi connectivity index (χ3n) is 2.81. The molecule has 2 amide bonds. The van der Waals surface area contributed by atoms with Crippen LogP contribution in [0.2, 0.25) is 0 Å². The third kappa shape index (κ3) is 4.99. The minimum atomic E-state index is -1.04. The van der Waals surface area contributed by atoms with Crippen molar-refractivity contribution >= 4 is 11.8 Å². The van der Waals surface area contributed by atoms with Crippen LogP contribution in [0.4, 0.5) is 0 Å². The smallest absolute Gasteiger partial charge is 0.251 e. The van der Waals surface area contributed by atoms with E-state index in [1.54, 1.807) is 24.3 Å². The Bertz CT molecular complexity index is 444. The lowest BCUT2D eigenvalue weighted by atomic mass is 10.1. The monoisotopic (exact) mass is 280 g/mol. The molecule has 0 aliphatic carbocycles. The highest BCUT2D eigenvalue weighted by Gasteiger charge is 2.24. The summed E-state index contributed by atoms with van der Waals surface area (Å²) in [5, 5.41) is 23.2. The highest BCUT2D eigenvalue weighted by atomic mass is 16.3. The van der Waals surface area contributed by atoms with Gasteiger partial charge in [-0.2, -0.15) is 0 Å². The SMILES string of the molecule is CC(CO)(CO)NC(=O)CCNC(=O)c1ccccc1. The van der Waals surface area contributed by atoms with Crippen molar-refractivity contribution in [2.75, 3.05) is 19.8 Å². The number of amides is 2. The average molecular weight is 280 g/mol. The molecule has 0 bridgehead atoms. The van der Waals surface area contributed by atoms with Crippen molar-refractivity contribution in [3.63, 3.8) is 0 Å². The Hall–Kier alpha value is -1.92. The van der Waals surface area contributed by atoms with E-state index in [1.807, 2.05) is 6.07 Å². The van der Waals surface area contributed by atoms with Crippen LogP contribution in [0.15, 0.2) is 30.3 Å². The second-order valence-electron chi connectivity index (χ2n) is 4.80. The largest absolute Gasteiger partial charge is 0.394 e. The van der Waals surface area contributed by atoms with E-state index in [-0.39, 0.29) is 38.0 Å². The fraction of sp³-hybridized carbons (Fsp3) is 0.429. The van der Waals surface area contributed by atoms with E-state index in [0.29, 0.717) is 5.56 Å². The molecule has 0 saturated heterocycles. The van der Waals surface area contributed by atoms with E-state index in [9.17, 15) is 9.59 Å². The summed E-state index contributed by atoms with van der Waals surface area (Å²) in [7, 11) is 0. The molecule has 0 atom stereocenters. The minimum Gasteiger partial charge on any atom is -0.394 e. The van der Waals surface area contributed by atoms with Crippen molar-refractivity contribution in [1.29, 1.82) is 0 Å². The fourth-order valence-electron chi connectivity index (χ4n) is 1.51. The number of nitrogens with one attached hydrogen (secondary N) is 2. The predicted molar refractivity (Wildman–Crippen MR) is 74.1 cm³/mol. The topological polar surface area (TPSA) is 98.7 Å². The maximum Gasteiger partial charge on any atom is 0.251 e. The van der Waals surface area contributed by atoms with E-state index in [0.717, 1.165) is 0 Å². The Morgan fingerprint density at radius 3 is 2.30 bits per heavy atom. The zero-order chi connectivity index (χ0) is 15.0. The van der Waals surface area contributed by atoms with Gasteiger partial charge in [0.15, 0.2) is 0 Å². The standard InChI is InChI=1S/C14H20N2O4/c1-14(9-17,10-18)16-12(19)7-8-15-13(20)11-5-3-2-4-6-11/h2-6,17-18H,7-10H2,1H3,(H,15,20)(H,16,19). The summed E-state index contributed by atoms with van der Waals surface area (Å²) < 4.78 is 0. The lowest BCUT2D eigenvalue weighted by Crippen LogP contribution is -2.52. The molecule has 0 aromatic heterocycles. The van der Waals surface area contributed by atoms with Crippen LogP contribution >= 0.6 is 0 Å². The van der Waals surface area contributed by atoms with Gasteiger partial charge in [0.25, 0.3) is 5.91 Å². The van der Waals surface area contributed by atoms with Crippen LogP contribution < -0.4 is 10.6 Å². The quantitative estimate of drug-likeness (QED) is 0.549. The first-order valence-corrected chi connectivity index (χ1v) is 6.37. The molecule has 110 valence electrons. The number of hydrogen-bond acceptors (Lipinski definition) is 4. The molecule has 0 aliphatic rings. The minimum absolute atomic E-state index is 0.0775. The molecule has 0 unspecified atom stereocenters. The van der Waals surface area contributed by atoms with Crippen LogP contribution in [-0.4, -0.2) is 47.3 Å². The average Bonchev–Trinajstić information content (AvgIpc) is 2.47. The Morgan fingerprint density at radius 1 is 1.15 bits per heavy atom. The van der Waals surface area contributed by atoms with Crippen LogP contribution in [0.5, 0.6) is 0 Å². The molecule has 6 nitrogen and oxygen atoms in total. The van der Waals surface area contributed by atoms with Gasteiger partial charge in [-0.1, -0.05) is 18.2 Å². The van der Waals surface area contributed by atoms with Gasteiger partial charge in [0.1, 0.15) is 0 Å². The Morgan fingerprint density at radius 2 is 1.75 bits per heavy atom. The fourth-order valence-corrected chi connectivity index (χ4v) is 1.51. The normalized spacial score (nSPS) is 10.9. The number of carbonyl (C=O) groups is 2. The summed E-state index contributed by atoms with van der Waals surface area (Å²) in [5.74, 6) is -0.588. The summed E-state index contributed by atoms with van der Waals surface area (Å²) in [6.07, 6.45) is 0.0775. The van der Waals surface area contributed by atoms with E-state index in [2.05, 4.69) is 10.6 Å². The first kappa shape index (κ1) is 16.1.